The molecule has 0 fully saturated rings. The summed E-state index contributed by atoms with van der Waals surface area (Å²) in [5.74, 6) is 0.553. The summed E-state index contributed by atoms with van der Waals surface area (Å²) in [6, 6.07) is 18.9. The molecule has 0 atom stereocenters. The smallest absolute Gasteiger partial charge is 0.129 e. The zero-order valence-corrected chi connectivity index (χ0v) is 17.4. The molecular weight excluding hydrogens is 431 g/mol. The van der Waals surface area contributed by atoms with Crippen LogP contribution in [0, 0.1) is 5.82 Å². The Kier molecular flexibility index (Phi) is 4.47. The Morgan fingerprint density at radius 3 is 2.69 bits per heavy atom. The second-order valence-electron chi connectivity index (χ2n) is 7.02. The van der Waals surface area contributed by atoms with Crippen LogP contribution in [0.1, 0.15) is 30.0 Å². The summed E-state index contributed by atoms with van der Waals surface area (Å²) < 4.78 is 22.5. The van der Waals surface area contributed by atoms with Crippen molar-refractivity contribution in [2.45, 2.75) is 20.0 Å². The minimum absolute atomic E-state index is 0.264. The summed E-state index contributed by atoms with van der Waals surface area (Å²) >= 11 is 3.79. The summed E-state index contributed by atoms with van der Waals surface area (Å²) in [6.07, 6.45) is 2.73. The maximum Gasteiger partial charge on any atom is 0.129 e. The van der Waals surface area contributed by atoms with Crippen LogP contribution in [0.2, 0.25) is 0 Å². The molecule has 0 N–H and O–H groups in total. The Labute approximate surface area is 176 Å². The minimum Gasteiger partial charge on any atom is -0.488 e. The molecule has 0 amide bonds. The summed E-state index contributed by atoms with van der Waals surface area (Å²) in [5.41, 5.74) is 6.29. The van der Waals surface area contributed by atoms with Gasteiger partial charge in [-0.2, -0.15) is 5.10 Å². The highest BCUT2D eigenvalue weighted by atomic mass is 79.9. The highest BCUT2D eigenvalue weighted by Crippen LogP contribution is 2.42. The van der Waals surface area contributed by atoms with Crippen molar-refractivity contribution in [3.63, 3.8) is 0 Å². The Balaban J connectivity index is 1.74. The molecule has 0 aliphatic carbocycles. The molecule has 5 rings (SSSR count). The van der Waals surface area contributed by atoms with Gasteiger partial charge in [0.05, 0.1) is 17.4 Å². The van der Waals surface area contributed by atoms with E-state index in [0.29, 0.717) is 6.61 Å². The average Bonchev–Trinajstić information content (AvgIpc) is 3.08. The van der Waals surface area contributed by atoms with Gasteiger partial charge in [0, 0.05) is 27.1 Å². The van der Waals surface area contributed by atoms with Crippen molar-refractivity contribution < 1.29 is 9.13 Å². The van der Waals surface area contributed by atoms with Gasteiger partial charge in [-0.3, -0.25) is 0 Å². The van der Waals surface area contributed by atoms with E-state index in [0.717, 1.165) is 49.9 Å². The lowest BCUT2D eigenvalue weighted by molar-refractivity contribution is 0.307. The van der Waals surface area contributed by atoms with Crippen LogP contribution >= 0.6 is 15.9 Å². The molecule has 4 aromatic rings. The lowest BCUT2D eigenvalue weighted by Crippen LogP contribution is -1.98. The second kappa shape index (κ2) is 7.16. The van der Waals surface area contributed by atoms with E-state index in [9.17, 15) is 4.39 Å². The SMILES string of the molecule is CCC(Br)=C1c2ccccc2COc2cc3c(cnn3-c3ccc(F)cc3)cc21. The average molecular weight is 449 g/mol. The number of ether oxygens (including phenoxy) is 1. The first-order chi connectivity index (χ1) is 14.2. The van der Waals surface area contributed by atoms with E-state index in [1.807, 2.05) is 23.0 Å². The molecule has 29 heavy (non-hydrogen) atoms. The van der Waals surface area contributed by atoms with Crippen LogP contribution in [0.15, 0.2) is 71.3 Å². The van der Waals surface area contributed by atoms with Gasteiger partial charge in [-0.25, -0.2) is 9.07 Å². The van der Waals surface area contributed by atoms with Crippen LogP contribution in [0.4, 0.5) is 4.39 Å². The molecule has 0 spiro atoms. The molecule has 3 nitrogen and oxygen atoms in total. The second-order valence-corrected chi connectivity index (χ2v) is 7.98. The molecule has 0 saturated carbocycles. The fourth-order valence-electron chi connectivity index (χ4n) is 3.82. The van der Waals surface area contributed by atoms with Gasteiger partial charge < -0.3 is 4.74 Å². The van der Waals surface area contributed by atoms with Crippen LogP contribution in [-0.2, 0) is 6.61 Å². The minimum atomic E-state index is -0.264. The summed E-state index contributed by atoms with van der Waals surface area (Å²) in [5, 5.41) is 5.54. The molecule has 2 heterocycles. The van der Waals surface area contributed by atoms with Crippen molar-refractivity contribution in [1.82, 2.24) is 9.78 Å². The molecule has 144 valence electrons. The maximum absolute atomic E-state index is 13.3. The molecule has 1 aliphatic heterocycles. The van der Waals surface area contributed by atoms with Gasteiger partial charge in [0.2, 0.25) is 0 Å². The van der Waals surface area contributed by atoms with Gasteiger partial charge in [0.25, 0.3) is 0 Å². The molecule has 1 aliphatic rings. The van der Waals surface area contributed by atoms with Crippen molar-refractivity contribution >= 4 is 32.4 Å². The molecule has 0 unspecified atom stereocenters. The van der Waals surface area contributed by atoms with Gasteiger partial charge in [0.1, 0.15) is 18.2 Å². The Hall–Kier alpha value is -2.92. The van der Waals surface area contributed by atoms with Gasteiger partial charge in [-0.05, 0) is 47.9 Å². The van der Waals surface area contributed by atoms with Crippen LogP contribution in [0.25, 0.3) is 22.2 Å². The standard InChI is InChI=1S/C24H18BrFN2O/c1-2-21(25)24-19-6-4-3-5-15(19)14-29-23-12-22-16(11-20(23)24)13-27-28(22)18-9-7-17(26)8-10-18/h3-13H,2,14H2,1H3. The Bertz CT molecular complexity index is 1260. The third kappa shape index (κ3) is 3.06. The van der Waals surface area contributed by atoms with Crippen LogP contribution in [0.5, 0.6) is 5.75 Å². The van der Waals surface area contributed by atoms with Crippen LogP contribution in [0.3, 0.4) is 0 Å². The quantitative estimate of drug-likeness (QED) is 0.344. The number of fused-ring (bicyclic) bond motifs is 3. The number of aromatic nitrogens is 2. The number of hydrogen-bond acceptors (Lipinski definition) is 2. The van der Waals surface area contributed by atoms with Gasteiger partial charge in [0.15, 0.2) is 0 Å². The topological polar surface area (TPSA) is 27.1 Å². The summed E-state index contributed by atoms with van der Waals surface area (Å²) in [6.45, 7) is 2.64. The van der Waals surface area contributed by atoms with E-state index in [2.05, 4.69) is 52.2 Å². The van der Waals surface area contributed by atoms with Crippen molar-refractivity contribution in [3.8, 4) is 11.4 Å². The highest BCUT2D eigenvalue weighted by Gasteiger charge is 2.23. The zero-order valence-electron chi connectivity index (χ0n) is 15.8. The predicted octanol–water partition coefficient (Wildman–Crippen LogP) is 6.62. The van der Waals surface area contributed by atoms with Gasteiger partial charge >= 0.3 is 0 Å². The van der Waals surface area contributed by atoms with Crippen molar-refractivity contribution in [3.05, 3.63) is 93.9 Å². The lowest BCUT2D eigenvalue weighted by Gasteiger charge is -2.13. The van der Waals surface area contributed by atoms with E-state index in [-0.39, 0.29) is 5.82 Å². The van der Waals surface area contributed by atoms with Crippen molar-refractivity contribution in [2.75, 3.05) is 0 Å². The van der Waals surface area contributed by atoms with Crippen LogP contribution < -0.4 is 4.74 Å². The number of hydrogen-bond donors (Lipinski definition) is 0. The zero-order chi connectivity index (χ0) is 20.0. The largest absolute Gasteiger partial charge is 0.488 e. The van der Waals surface area contributed by atoms with E-state index in [1.54, 1.807) is 12.1 Å². The monoisotopic (exact) mass is 448 g/mol. The summed E-state index contributed by atoms with van der Waals surface area (Å²) in [4.78, 5) is 0. The molecule has 0 radical (unpaired) electrons. The van der Waals surface area contributed by atoms with E-state index < -0.39 is 0 Å². The van der Waals surface area contributed by atoms with Gasteiger partial charge in [-0.15, -0.1) is 0 Å². The molecule has 0 bridgehead atoms. The maximum atomic E-state index is 13.3. The van der Waals surface area contributed by atoms with Gasteiger partial charge in [-0.1, -0.05) is 47.1 Å². The molecule has 1 aromatic heterocycles. The lowest BCUT2D eigenvalue weighted by atomic mass is 9.93. The number of halogens is 2. The number of allylic oxidation sites excluding steroid dienone is 1. The molecule has 0 saturated heterocycles. The van der Waals surface area contributed by atoms with E-state index in [4.69, 9.17) is 4.74 Å². The molecular formula is C24H18BrFN2O. The highest BCUT2D eigenvalue weighted by molar-refractivity contribution is 9.11. The summed E-state index contributed by atoms with van der Waals surface area (Å²) in [7, 11) is 0. The third-order valence-corrected chi connectivity index (χ3v) is 6.22. The first-order valence-corrected chi connectivity index (χ1v) is 10.3. The fraction of sp³-hybridized carbons (Fsp3) is 0.125. The first-order valence-electron chi connectivity index (χ1n) is 9.53. The van der Waals surface area contributed by atoms with Crippen LogP contribution in [-0.4, -0.2) is 9.78 Å². The fourth-order valence-corrected chi connectivity index (χ4v) is 4.24. The Morgan fingerprint density at radius 1 is 1.10 bits per heavy atom. The van der Waals surface area contributed by atoms with Crippen molar-refractivity contribution in [1.29, 1.82) is 0 Å². The normalized spacial score (nSPS) is 14.7. The first kappa shape index (κ1) is 18.1. The Morgan fingerprint density at radius 2 is 1.90 bits per heavy atom. The molecule has 5 heteroatoms. The number of nitrogens with zero attached hydrogens (tertiary/aromatic N) is 2. The molecule has 3 aromatic carbocycles. The van der Waals surface area contributed by atoms with E-state index in [1.165, 1.54) is 17.7 Å². The number of rotatable bonds is 2. The van der Waals surface area contributed by atoms with E-state index >= 15 is 0 Å². The third-order valence-electron chi connectivity index (χ3n) is 5.26. The van der Waals surface area contributed by atoms with Crippen molar-refractivity contribution in [2.24, 2.45) is 0 Å². The predicted molar refractivity (Wildman–Crippen MR) is 117 cm³/mol. The number of benzene rings is 3.